The molecule has 1 aliphatic rings. The SMILES string of the molecule is Cc1ccc(C(=O)N2Cc3ccccc3C[C@H]2C(=O)N(CCc2ccc(Cl)cc2)CC(=O)O)cc1. The number of benzene rings is 3. The number of carbonyl (C=O) groups is 3. The average molecular weight is 491 g/mol. The quantitative estimate of drug-likeness (QED) is 0.533. The van der Waals surface area contributed by atoms with Gasteiger partial charge in [-0.15, -0.1) is 0 Å². The zero-order valence-electron chi connectivity index (χ0n) is 19.5. The highest BCUT2D eigenvalue weighted by Crippen LogP contribution is 2.26. The van der Waals surface area contributed by atoms with Gasteiger partial charge in [-0.1, -0.05) is 65.7 Å². The van der Waals surface area contributed by atoms with E-state index in [1.807, 2.05) is 55.5 Å². The zero-order chi connectivity index (χ0) is 24.9. The summed E-state index contributed by atoms with van der Waals surface area (Å²) in [5.74, 6) is -1.70. The van der Waals surface area contributed by atoms with Crippen LogP contribution in [0.2, 0.25) is 5.02 Å². The summed E-state index contributed by atoms with van der Waals surface area (Å²) in [4.78, 5) is 41.8. The van der Waals surface area contributed by atoms with E-state index in [0.717, 1.165) is 22.3 Å². The smallest absolute Gasteiger partial charge is 0.323 e. The van der Waals surface area contributed by atoms with Crippen molar-refractivity contribution in [1.29, 1.82) is 0 Å². The maximum Gasteiger partial charge on any atom is 0.323 e. The number of nitrogens with zero attached hydrogens (tertiary/aromatic N) is 2. The standard InChI is InChI=1S/C28H27ClN2O4/c1-19-6-10-21(11-7-19)27(34)31-17-23-5-3-2-4-22(23)16-25(31)28(35)30(18-26(32)33)15-14-20-8-12-24(29)13-9-20/h2-13,25H,14-18H2,1H3,(H,32,33)/t25-/m0/s1. The molecule has 6 nitrogen and oxygen atoms in total. The zero-order valence-corrected chi connectivity index (χ0v) is 20.2. The Hall–Kier alpha value is -3.64. The lowest BCUT2D eigenvalue weighted by molar-refractivity contribution is -0.146. The van der Waals surface area contributed by atoms with Crippen LogP contribution in [0.1, 0.15) is 32.6 Å². The van der Waals surface area contributed by atoms with E-state index in [-0.39, 0.29) is 24.9 Å². The van der Waals surface area contributed by atoms with Crippen LogP contribution in [0.4, 0.5) is 0 Å². The lowest BCUT2D eigenvalue weighted by Gasteiger charge is -2.38. The van der Waals surface area contributed by atoms with E-state index in [9.17, 15) is 19.5 Å². The molecule has 0 saturated heterocycles. The maximum absolute atomic E-state index is 13.8. The summed E-state index contributed by atoms with van der Waals surface area (Å²) >= 11 is 5.96. The van der Waals surface area contributed by atoms with Gasteiger partial charge in [0.15, 0.2) is 0 Å². The molecule has 0 unspecified atom stereocenters. The molecule has 0 aromatic heterocycles. The van der Waals surface area contributed by atoms with Crippen LogP contribution >= 0.6 is 11.6 Å². The van der Waals surface area contributed by atoms with E-state index < -0.39 is 18.6 Å². The van der Waals surface area contributed by atoms with Gasteiger partial charge in [0.1, 0.15) is 12.6 Å². The molecule has 3 aromatic carbocycles. The van der Waals surface area contributed by atoms with Crippen LogP contribution < -0.4 is 0 Å². The van der Waals surface area contributed by atoms with E-state index in [0.29, 0.717) is 23.4 Å². The molecule has 1 N–H and O–H groups in total. The first-order valence-electron chi connectivity index (χ1n) is 11.5. The summed E-state index contributed by atoms with van der Waals surface area (Å²) in [7, 11) is 0. The molecule has 180 valence electrons. The van der Waals surface area contributed by atoms with Gasteiger partial charge in [0.05, 0.1) is 0 Å². The molecule has 0 radical (unpaired) electrons. The second-order valence-corrected chi connectivity index (χ2v) is 9.25. The van der Waals surface area contributed by atoms with E-state index >= 15 is 0 Å². The van der Waals surface area contributed by atoms with Crippen LogP contribution in [0.5, 0.6) is 0 Å². The van der Waals surface area contributed by atoms with E-state index in [1.54, 1.807) is 29.2 Å². The summed E-state index contributed by atoms with van der Waals surface area (Å²) in [6.45, 7) is 2.02. The molecular formula is C28H27ClN2O4. The third kappa shape index (κ3) is 5.89. The number of hydrogen-bond acceptors (Lipinski definition) is 3. The number of amides is 2. The molecule has 0 bridgehead atoms. The first kappa shape index (κ1) is 24.5. The molecule has 3 aromatic rings. The fraction of sp³-hybridized carbons (Fsp3) is 0.250. The molecule has 4 rings (SSSR count). The van der Waals surface area contributed by atoms with Crippen molar-refractivity contribution in [2.24, 2.45) is 0 Å². The van der Waals surface area contributed by atoms with Gasteiger partial charge in [-0.05, 0) is 54.3 Å². The molecule has 0 aliphatic carbocycles. The third-order valence-corrected chi connectivity index (χ3v) is 6.57. The monoisotopic (exact) mass is 490 g/mol. The fourth-order valence-corrected chi connectivity index (χ4v) is 4.50. The number of hydrogen-bond donors (Lipinski definition) is 1. The topological polar surface area (TPSA) is 77.9 Å². The van der Waals surface area contributed by atoms with E-state index in [2.05, 4.69) is 0 Å². The van der Waals surface area contributed by atoms with E-state index in [4.69, 9.17) is 11.6 Å². The second kappa shape index (κ2) is 10.7. The van der Waals surface area contributed by atoms with Gasteiger partial charge in [0.25, 0.3) is 5.91 Å². The maximum atomic E-state index is 13.8. The number of aryl methyl sites for hydroxylation is 1. The van der Waals surface area contributed by atoms with Crippen LogP contribution in [0.25, 0.3) is 0 Å². The van der Waals surface area contributed by atoms with Gasteiger partial charge in [-0.3, -0.25) is 14.4 Å². The van der Waals surface area contributed by atoms with Crippen molar-refractivity contribution in [3.8, 4) is 0 Å². The summed E-state index contributed by atoms with van der Waals surface area (Å²) in [6, 6.07) is 21.4. The highest BCUT2D eigenvalue weighted by atomic mass is 35.5. The molecule has 0 spiro atoms. The molecule has 1 atom stereocenters. The summed E-state index contributed by atoms with van der Waals surface area (Å²) in [6.07, 6.45) is 0.815. The van der Waals surface area contributed by atoms with Crippen molar-refractivity contribution in [1.82, 2.24) is 9.80 Å². The van der Waals surface area contributed by atoms with Crippen LogP contribution in [0.15, 0.2) is 72.8 Å². The van der Waals surface area contributed by atoms with Gasteiger partial charge in [-0.2, -0.15) is 0 Å². The Bertz CT molecular complexity index is 1220. The van der Waals surface area contributed by atoms with Crippen LogP contribution in [-0.4, -0.2) is 51.8 Å². The Morgan fingerprint density at radius 1 is 0.971 bits per heavy atom. The average Bonchev–Trinajstić information content (AvgIpc) is 2.86. The van der Waals surface area contributed by atoms with E-state index in [1.165, 1.54) is 4.90 Å². The van der Waals surface area contributed by atoms with Crippen molar-refractivity contribution in [2.45, 2.75) is 32.4 Å². The Kier molecular flexibility index (Phi) is 7.51. The summed E-state index contributed by atoms with van der Waals surface area (Å²) < 4.78 is 0. The van der Waals surface area contributed by atoms with Crippen molar-refractivity contribution >= 4 is 29.4 Å². The predicted molar refractivity (Wildman–Crippen MR) is 134 cm³/mol. The number of carboxylic acids is 1. The van der Waals surface area contributed by atoms with Gasteiger partial charge in [-0.25, -0.2) is 0 Å². The lowest BCUT2D eigenvalue weighted by atomic mass is 9.92. The van der Waals surface area contributed by atoms with Gasteiger partial charge in [0.2, 0.25) is 5.91 Å². The van der Waals surface area contributed by atoms with Gasteiger partial charge < -0.3 is 14.9 Å². The molecule has 1 aliphatic heterocycles. The number of halogens is 1. The predicted octanol–water partition coefficient (Wildman–Crippen LogP) is 4.37. The fourth-order valence-electron chi connectivity index (χ4n) is 4.38. The van der Waals surface area contributed by atoms with Crippen molar-refractivity contribution in [3.05, 3.63) is 106 Å². The molecule has 1 heterocycles. The largest absolute Gasteiger partial charge is 0.480 e. The molecule has 2 amide bonds. The molecule has 35 heavy (non-hydrogen) atoms. The Morgan fingerprint density at radius 2 is 1.63 bits per heavy atom. The van der Waals surface area contributed by atoms with Gasteiger partial charge in [0, 0.05) is 30.1 Å². The summed E-state index contributed by atoms with van der Waals surface area (Å²) in [5, 5.41) is 10.1. The Balaban J connectivity index is 1.62. The number of carboxylic acid groups (broad SMARTS) is 1. The molecule has 0 fully saturated rings. The minimum absolute atomic E-state index is 0.220. The van der Waals surface area contributed by atoms with Gasteiger partial charge >= 0.3 is 5.97 Å². The van der Waals surface area contributed by atoms with Crippen LogP contribution in [-0.2, 0) is 29.0 Å². The number of rotatable bonds is 7. The first-order valence-corrected chi connectivity index (χ1v) is 11.9. The molecular weight excluding hydrogens is 464 g/mol. The normalized spacial score (nSPS) is 14.8. The number of carbonyl (C=O) groups excluding carboxylic acids is 2. The summed E-state index contributed by atoms with van der Waals surface area (Å²) in [5.41, 5.74) is 4.46. The highest BCUT2D eigenvalue weighted by molar-refractivity contribution is 6.30. The van der Waals surface area contributed by atoms with Crippen LogP contribution in [0, 0.1) is 6.92 Å². The Morgan fingerprint density at radius 3 is 2.29 bits per heavy atom. The van der Waals surface area contributed by atoms with Crippen molar-refractivity contribution < 1.29 is 19.5 Å². The minimum Gasteiger partial charge on any atom is -0.480 e. The second-order valence-electron chi connectivity index (χ2n) is 8.82. The first-order chi connectivity index (χ1) is 16.8. The number of fused-ring (bicyclic) bond motifs is 1. The van der Waals surface area contributed by atoms with Crippen LogP contribution in [0.3, 0.4) is 0 Å². The van der Waals surface area contributed by atoms with Crippen molar-refractivity contribution in [3.63, 3.8) is 0 Å². The lowest BCUT2D eigenvalue weighted by Crippen LogP contribution is -2.54. The van der Waals surface area contributed by atoms with Crippen molar-refractivity contribution in [2.75, 3.05) is 13.1 Å². The number of aliphatic carboxylic acids is 1. The third-order valence-electron chi connectivity index (χ3n) is 6.31. The highest BCUT2D eigenvalue weighted by Gasteiger charge is 2.37. The molecule has 7 heteroatoms. The molecule has 0 saturated carbocycles. The Labute approximate surface area is 209 Å². The minimum atomic E-state index is -1.10.